The Morgan fingerprint density at radius 1 is 1.18 bits per heavy atom. The molecule has 0 bridgehead atoms. The number of hydrogen-bond acceptors (Lipinski definition) is 2. The van der Waals surface area contributed by atoms with Gasteiger partial charge in [-0.3, -0.25) is 0 Å². The van der Waals surface area contributed by atoms with Gasteiger partial charge in [0.2, 0.25) is 0 Å². The van der Waals surface area contributed by atoms with Crippen LogP contribution in [0.1, 0.15) is 52.4 Å². The highest BCUT2D eigenvalue weighted by Crippen LogP contribution is 2.49. The van der Waals surface area contributed by atoms with Gasteiger partial charge in [0.05, 0.1) is 0 Å². The van der Waals surface area contributed by atoms with Crippen LogP contribution in [0.25, 0.3) is 0 Å². The number of ether oxygens (including phenoxy) is 1. The molecule has 2 nitrogen and oxygen atoms in total. The number of nitrogens with one attached hydrogen (secondary N) is 1. The third kappa shape index (κ3) is 3.96. The maximum Gasteiger partial charge on any atom is 0.0468 e. The van der Waals surface area contributed by atoms with Gasteiger partial charge in [-0.05, 0) is 62.3 Å². The largest absolute Gasteiger partial charge is 0.381 e. The first kappa shape index (κ1) is 13.4. The summed E-state index contributed by atoms with van der Waals surface area (Å²) in [7, 11) is 0. The second-order valence-electron chi connectivity index (χ2n) is 6.36. The molecule has 1 unspecified atom stereocenters. The van der Waals surface area contributed by atoms with Crippen LogP contribution >= 0.6 is 0 Å². The molecule has 1 atom stereocenters. The van der Waals surface area contributed by atoms with Crippen LogP contribution in [0.2, 0.25) is 0 Å². The first-order valence-electron chi connectivity index (χ1n) is 7.53. The van der Waals surface area contributed by atoms with E-state index >= 15 is 0 Å². The molecule has 0 aromatic heterocycles. The highest BCUT2D eigenvalue weighted by molar-refractivity contribution is 4.94. The second kappa shape index (κ2) is 6.19. The fourth-order valence-corrected chi connectivity index (χ4v) is 3.32. The standard InChI is InChI=1S/C15H29NO/c1-3-8-16-12-15(2,14-4-5-14)11-13-6-9-17-10-7-13/h13-14,16H,3-12H2,1-2H3. The van der Waals surface area contributed by atoms with Gasteiger partial charge in [0.25, 0.3) is 0 Å². The van der Waals surface area contributed by atoms with Gasteiger partial charge in [-0.15, -0.1) is 0 Å². The average molecular weight is 239 g/mol. The van der Waals surface area contributed by atoms with Gasteiger partial charge in [-0.1, -0.05) is 13.8 Å². The molecule has 1 N–H and O–H groups in total. The van der Waals surface area contributed by atoms with E-state index in [1.807, 2.05) is 0 Å². The van der Waals surface area contributed by atoms with E-state index in [1.165, 1.54) is 51.6 Å². The van der Waals surface area contributed by atoms with Gasteiger partial charge in [-0.25, -0.2) is 0 Å². The zero-order valence-electron chi connectivity index (χ0n) is 11.6. The molecule has 1 saturated carbocycles. The Hall–Kier alpha value is -0.0800. The van der Waals surface area contributed by atoms with Crippen molar-refractivity contribution in [2.45, 2.75) is 52.4 Å². The zero-order valence-corrected chi connectivity index (χ0v) is 11.6. The Labute approximate surface area is 107 Å². The van der Waals surface area contributed by atoms with E-state index in [1.54, 1.807) is 0 Å². The molecule has 100 valence electrons. The molecule has 2 heteroatoms. The minimum absolute atomic E-state index is 0.553. The van der Waals surface area contributed by atoms with E-state index in [9.17, 15) is 0 Å². The summed E-state index contributed by atoms with van der Waals surface area (Å²) in [6.07, 6.45) is 8.17. The smallest absolute Gasteiger partial charge is 0.0468 e. The molecule has 0 radical (unpaired) electrons. The van der Waals surface area contributed by atoms with Crippen molar-refractivity contribution in [3.05, 3.63) is 0 Å². The molecule has 2 rings (SSSR count). The van der Waals surface area contributed by atoms with Crippen molar-refractivity contribution in [2.75, 3.05) is 26.3 Å². The van der Waals surface area contributed by atoms with Crippen LogP contribution in [-0.4, -0.2) is 26.3 Å². The molecule has 1 saturated heterocycles. The summed E-state index contributed by atoms with van der Waals surface area (Å²) in [5.74, 6) is 1.91. The average Bonchev–Trinajstić information content (AvgIpc) is 3.15. The summed E-state index contributed by atoms with van der Waals surface area (Å²) in [6, 6.07) is 0. The van der Waals surface area contributed by atoms with E-state index in [4.69, 9.17) is 4.74 Å². The summed E-state index contributed by atoms with van der Waals surface area (Å²) in [6.45, 7) is 9.16. The molecular weight excluding hydrogens is 210 g/mol. The number of rotatable bonds is 7. The van der Waals surface area contributed by atoms with Crippen LogP contribution in [-0.2, 0) is 4.74 Å². The Balaban J connectivity index is 1.81. The van der Waals surface area contributed by atoms with Crippen LogP contribution in [0.3, 0.4) is 0 Å². The van der Waals surface area contributed by atoms with Gasteiger partial charge in [0, 0.05) is 19.8 Å². The molecule has 0 spiro atoms. The summed E-state index contributed by atoms with van der Waals surface area (Å²) >= 11 is 0. The quantitative estimate of drug-likeness (QED) is 0.689. The third-order valence-electron chi connectivity index (χ3n) is 4.61. The van der Waals surface area contributed by atoms with Gasteiger partial charge in [-0.2, -0.15) is 0 Å². The van der Waals surface area contributed by atoms with Crippen LogP contribution in [0, 0.1) is 17.3 Å². The SMILES string of the molecule is CCCNCC(C)(CC1CCOCC1)C1CC1. The van der Waals surface area contributed by atoms with Crippen molar-refractivity contribution in [3.8, 4) is 0 Å². The first-order valence-corrected chi connectivity index (χ1v) is 7.53. The highest BCUT2D eigenvalue weighted by atomic mass is 16.5. The van der Waals surface area contributed by atoms with Crippen molar-refractivity contribution in [1.29, 1.82) is 0 Å². The Kier molecular flexibility index (Phi) is 4.87. The van der Waals surface area contributed by atoms with Gasteiger partial charge in [0.1, 0.15) is 0 Å². The maximum atomic E-state index is 5.47. The lowest BCUT2D eigenvalue weighted by Crippen LogP contribution is -2.36. The van der Waals surface area contributed by atoms with E-state index in [0.29, 0.717) is 5.41 Å². The topological polar surface area (TPSA) is 21.3 Å². The molecule has 1 aliphatic carbocycles. The van der Waals surface area contributed by atoms with Gasteiger partial charge in [0.15, 0.2) is 0 Å². The third-order valence-corrected chi connectivity index (χ3v) is 4.61. The summed E-state index contributed by atoms with van der Waals surface area (Å²) in [4.78, 5) is 0. The Morgan fingerprint density at radius 3 is 2.47 bits per heavy atom. The molecule has 0 aromatic rings. The minimum atomic E-state index is 0.553. The lowest BCUT2D eigenvalue weighted by molar-refractivity contribution is 0.0451. The molecule has 1 heterocycles. The van der Waals surface area contributed by atoms with Crippen LogP contribution < -0.4 is 5.32 Å². The van der Waals surface area contributed by atoms with Gasteiger partial charge < -0.3 is 10.1 Å². The van der Waals surface area contributed by atoms with Crippen LogP contribution in [0.15, 0.2) is 0 Å². The predicted octanol–water partition coefficient (Wildman–Crippen LogP) is 3.22. The normalized spacial score (nSPS) is 25.8. The van der Waals surface area contributed by atoms with Crippen molar-refractivity contribution in [3.63, 3.8) is 0 Å². The lowest BCUT2D eigenvalue weighted by Gasteiger charge is -2.35. The van der Waals surface area contributed by atoms with E-state index in [-0.39, 0.29) is 0 Å². The molecule has 17 heavy (non-hydrogen) atoms. The van der Waals surface area contributed by atoms with Crippen molar-refractivity contribution >= 4 is 0 Å². The fourth-order valence-electron chi connectivity index (χ4n) is 3.32. The summed E-state index contributed by atoms with van der Waals surface area (Å²) < 4.78 is 5.47. The minimum Gasteiger partial charge on any atom is -0.381 e. The fraction of sp³-hybridized carbons (Fsp3) is 1.00. The number of hydrogen-bond donors (Lipinski definition) is 1. The Bertz CT molecular complexity index is 221. The van der Waals surface area contributed by atoms with Crippen molar-refractivity contribution in [1.82, 2.24) is 5.32 Å². The Morgan fingerprint density at radius 2 is 1.88 bits per heavy atom. The first-order chi connectivity index (χ1) is 8.24. The van der Waals surface area contributed by atoms with E-state index in [2.05, 4.69) is 19.2 Å². The molecule has 1 aliphatic heterocycles. The van der Waals surface area contributed by atoms with Gasteiger partial charge >= 0.3 is 0 Å². The lowest BCUT2D eigenvalue weighted by atomic mass is 9.74. The van der Waals surface area contributed by atoms with E-state index < -0.39 is 0 Å². The molecule has 2 aliphatic rings. The molecular formula is C15H29NO. The monoisotopic (exact) mass is 239 g/mol. The van der Waals surface area contributed by atoms with Crippen LogP contribution in [0.4, 0.5) is 0 Å². The zero-order chi connectivity index (χ0) is 12.1. The van der Waals surface area contributed by atoms with E-state index in [0.717, 1.165) is 25.0 Å². The second-order valence-corrected chi connectivity index (χ2v) is 6.36. The van der Waals surface area contributed by atoms with Crippen molar-refractivity contribution < 1.29 is 4.74 Å². The predicted molar refractivity (Wildman–Crippen MR) is 72.2 cm³/mol. The van der Waals surface area contributed by atoms with Crippen molar-refractivity contribution in [2.24, 2.45) is 17.3 Å². The highest BCUT2D eigenvalue weighted by Gasteiger charge is 2.42. The summed E-state index contributed by atoms with van der Waals surface area (Å²) in [5, 5.41) is 3.66. The molecule has 0 aromatic carbocycles. The summed E-state index contributed by atoms with van der Waals surface area (Å²) in [5.41, 5.74) is 0.553. The molecule has 2 fully saturated rings. The molecule has 0 amide bonds. The van der Waals surface area contributed by atoms with Crippen LogP contribution in [0.5, 0.6) is 0 Å². The maximum absolute atomic E-state index is 5.47.